The first-order valence-electron chi connectivity index (χ1n) is 6.37. The molecule has 0 aromatic carbocycles. The summed E-state index contributed by atoms with van der Waals surface area (Å²) in [5, 5.41) is 3.08. The fourth-order valence-electron chi connectivity index (χ4n) is 1.50. The molecule has 0 bridgehead atoms. The Morgan fingerprint density at radius 3 is 2.38 bits per heavy atom. The van der Waals surface area contributed by atoms with Crippen LogP contribution in [0.25, 0.3) is 0 Å². The molecule has 0 amide bonds. The van der Waals surface area contributed by atoms with Gasteiger partial charge in [0.2, 0.25) is 0 Å². The van der Waals surface area contributed by atoms with Crippen LogP contribution in [-0.4, -0.2) is 32.2 Å². The maximum absolute atomic E-state index is 11.0. The van der Waals surface area contributed by atoms with Crippen molar-refractivity contribution in [3.63, 3.8) is 0 Å². The summed E-state index contributed by atoms with van der Waals surface area (Å²) < 4.78 is 4.80. The summed E-state index contributed by atoms with van der Waals surface area (Å²) in [4.78, 5) is 11.0. The van der Waals surface area contributed by atoms with E-state index in [1.807, 2.05) is 6.92 Å². The van der Waals surface area contributed by atoms with E-state index in [9.17, 15) is 4.79 Å². The van der Waals surface area contributed by atoms with Gasteiger partial charge in [0.25, 0.3) is 0 Å². The van der Waals surface area contributed by atoms with Crippen molar-refractivity contribution in [3.8, 4) is 0 Å². The van der Waals surface area contributed by atoms with Crippen LogP contribution in [0.15, 0.2) is 0 Å². The molecule has 0 spiro atoms. The molecule has 0 heterocycles. The van der Waals surface area contributed by atoms with E-state index in [4.69, 9.17) is 10.5 Å². The predicted octanol–water partition coefficient (Wildman–Crippen LogP) is 1.44. The zero-order chi connectivity index (χ0) is 12.1. The van der Waals surface area contributed by atoms with Crippen LogP contribution < -0.4 is 11.1 Å². The van der Waals surface area contributed by atoms with Gasteiger partial charge in [0.1, 0.15) is 0 Å². The molecule has 0 unspecified atom stereocenters. The van der Waals surface area contributed by atoms with Gasteiger partial charge in [-0.2, -0.15) is 0 Å². The van der Waals surface area contributed by atoms with Gasteiger partial charge in [-0.3, -0.25) is 4.79 Å². The highest BCUT2D eigenvalue weighted by atomic mass is 16.5. The number of esters is 1. The number of hydrogen-bond donors (Lipinski definition) is 2. The Morgan fingerprint density at radius 2 is 1.75 bits per heavy atom. The number of hydrogen-bond acceptors (Lipinski definition) is 4. The Hall–Kier alpha value is -0.610. The number of unbranched alkanes of at least 4 members (excludes halogenated alkanes) is 5. The summed E-state index contributed by atoms with van der Waals surface area (Å²) in [7, 11) is 0. The summed E-state index contributed by atoms with van der Waals surface area (Å²) in [6, 6.07) is 0. The number of ether oxygens (including phenoxy) is 1. The van der Waals surface area contributed by atoms with Crippen molar-refractivity contribution in [1.82, 2.24) is 5.32 Å². The van der Waals surface area contributed by atoms with Gasteiger partial charge in [0.15, 0.2) is 0 Å². The van der Waals surface area contributed by atoms with E-state index < -0.39 is 0 Å². The number of nitrogens with one attached hydrogen (secondary N) is 1. The standard InChI is InChI=1S/C12H26N2O2/c1-2-16-12(15)11-14-10-8-6-4-3-5-7-9-13/h14H,2-11,13H2,1H3. The molecule has 16 heavy (non-hydrogen) atoms. The summed E-state index contributed by atoms with van der Waals surface area (Å²) in [6.07, 6.45) is 7.27. The minimum absolute atomic E-state index is 0.162. The molecular formula is C12H26N2O2. The zero-order valence-corrected chi connectivity index (χ0v) is 10.5. The van der Waals surface area contributed by atoms with Crippen molar-refractivity contribution in [2.45, 2.75) is 45.4 Å². The monoisotopic (exact) mass is 230 g/mol. The van der Waals surface area contributed by atoms with E-state index in [1.165, 1.54) is 25.7 Å². The summed E-state index contributed by atoms with van der Waals surface area (Å²) >= 11 is 0. The van der Waals surface area contributed by atoms with E-state index in [-0.39, 0.29) is 5.97 Å². The molecule has 0 aliphatic carbocycles. The molecule has 0 aromatic heterocycles. The largest absolute Gasteiger partial charge is 0.465 e. The minimum Gasteiger partial charge on any atom is -0.465 e. The van der Waals surface area contributed by atoms with Gasteiger partial charge in [-0.15, -0.1) is 0 Å². The minimum atomic E-state index is -0.162. The molecule has 4 heteroatoms. The van der Waals surface area contributed by atoms with Crippen LogP contribution in [0.2, 0.25) is 0 Å². The first kappa shape index (κ1) is 15.4. The van der Waals surface area contributed by atoms with Crippen molar-refractivity contribution >= 4 is 5.97 Å². The summed E-state index contributed by atoms with van der Waals surface area (Å²) in [6.45, 7) is 4.32. The summed E-state index contributed by atoms with van der Waals surface area (Å²) in [5.74, 6) is -0.162. The van der Waals surface area contributed by atoms with Crippen molar-refractivity contribution in [2.75, 3.05) is 26.2 Å². The molecule has 0 radical (unpaired) electrons. The highest BCUT2D eigenvalue weighted by Crippen LogP contribution is 2.03. The van der Waals surface area contributed by atoms with Gasteiger partial charge in [-0.25, -0.2) is 0 Å². The molecule has 3 N–H and O–H groups in total. The normalized spacial score (nSPS) is 10.4. The van der Waals surface area contributed by atoms with Crippen LogP contribution in [0.1, 0.15) is 45.4 Å². The van der Waals surface area contributed by atoms with Crippen molar-refractivity contribution in [1.29, 1.82) is 0 Å². The van der Waals surface area contributed by atoms with Gasteiger partial charge < -0.3 is 15.8 Å². The first-order valence-corrected chi connectivity index (χ1v) is 6.37. The molecule has 0 aromatic rings. The van der Waals surface area contributed by atoms with Crippen LogP contribution in [0.5, 0.6) is 0 Å². The van der Waals surface area contributed by atoms with E-state index in [1.54, 1.807) is 0 Å². The van der Waals surface area contributed by atoms with E-state index >= 15 is 0 Å². The number of carbonyl (C=O) groups is 1. The van der Waals surface area contributed by atoms with E-state index in [0.717, 1.165) is 25.9 Å². The molecule has 0 saturated heterocycles. The van der Waals surface area contributed by atoms with Gasteiger partial charge in [-0.05, 0) is 32.9 Å². The first-order chi connectivity index (χ1) is 7.81. The number of rotatable bonds is 11. The molecule has 0 aliphatic rings. The quantitative estimate of drug-likeness (QED) is 0.416. The molecule has 0 atom stereocenters. The molecule has 0 saturated carbocycles. The van der Waals surface area contributed by atoms with Crippen LogP contribution in [0.3, 0.4) is 0 Å². The topological polar surface area (TPSA) is 64.3 Å². The van der Waals surface area contributed by atoms with Crippen LogP contribution >= 0.6 is 0 Å². The average molecular weight is 230 g/mol. The third kappa shape index (κ3) is 11.5. The Morgan fingerprint density at radius 1 is 1.12 bits per heavy atom. The molecular weight excluding hydrogens is 204 g/mol. The van der Waals surface area contributed by atoms with Gasteiger partial charge in [0.05, 0.1) is 13.2 Å². The Kier molecular flexibility index (Phi) is 12.0. The number of carbonyl (C=O) groups excluding carboxylic acids is 1. The highest BCUT2D eigenvalue weighted by Gasteiger charge is 1.98. The smallest absolute Gasteiger partial charge is 0.319 e. The predicted molar refractivity (Wildman–Crippen MR) is 66.3 cm³/mol. The van der Waals surface area contributed by atoms with Crippen molar-refractivity contribution in [2.24, 2.45) is 5.73 Å². The second-order valence-corrected chi connectivity index (χ2v) is 3.89. The lowest BCUT2D eigenvalue weighted by Gasteiger charge is -2.04. The number of nitrogens with two attached hydrogens (primary N) is 1. The lowest BCUT2D eigenvalue weighted by molar-refractivity contribution is -0.141. The highest BCUT2D eigenvalue weighted by molar-refractivity contribution is 5.71. The Bertz CT molecular complexity index is 163. The maximum atomic E-state index is 11.0. The lowest BCUT2D eigenvalue weighted by Crippen LogP contribution is -2.25. The third-order valence-corrected chi connectivity index (χ3v) is 2.38. The SMILES string of the molecule is CCOC(=O)CNCCCCCCCCN. The van der Waals surface area contributed by atoms with E-state index in [0.29, 0.717) is 13.2 Å². The molecule has 0 fully saturated rings. The van der Waals surface area contributed by atoms with Gasteiger partial charge in [-0.1, -0.05) is 25.7 Å². The maximum Gasteiger partial charge on any atom is 0.319 e. The second-order valence-electron chi connectivity index (χ2n) is 3.89. The average Bonchev–Trinajstić information content (AvgIpc) is 2.27. The van der Waals surface area contributed by atoms with Crippen LogP contribution in [0.4, 0.5) is 0 Å². The van der Waals surface area contributed by atoms with E-state index in [2.05, 4.69) is 5.32 Å². The van der Waals surface area contributed by atoms with Crippen molar-refractivity contribution in [3.05, 3.63) is 0 Å². The Balaban J connectivity index is 3.01. The molecule has 96 valence electrons. The molecule has 0 aliphatic heterocycles. The fraction of sp³-hybridized carbons (Fsp3) is 0.917. The van der Waals surface area contributed by atoms with Gasteiger partial charge in [0, 0.05) is 0 Å². The molecule has 4 nitrogen and oxygen atoms in total. The Labute approximate surface area is 98.9 Å². The van der Waals surface area contributed by atoms with Gasteiger partial charge >= 0.3 is 5.97 Å². The zero-order valence-electron chi connectivity index (χ0n) is 10.5. The fourth-order valence-corrected chi connectivity index (χ4v) is 1.50. The van der Waals surface area contributed by atoms with Crippen LogP contribution in [-0.2, 0) is 9.53 Å². The van der Waals surface area contributed by atoms with Crippen LogP contribution in [0, 0.1) is 0 Å². The molecule has 0 rings (SSSR count). The van der Waals surface area contributed by atoms with Crippen molar-refractivity contribution < 1.29 is 9.53 Å². The lowest BCUT2D eigenvalue weighted by atomic mass is 10.1. The third-order valence-electron chi connectivity index (χ3n) is 2.38. The summed E-state index contributed by atoms with van der Waals surface area (Å²) in [5.41, 5.74) is 5.41. The second kappa shape index (κ2) is 12.5.